The zero-order chi connectivity index (χ0) is 21.5. The third kappa shape index (κ3) is 6.23. The van der Waals surface area contributed by atoms with Crippen LogP contribution in [-0.2, 0) is 4.79 Å². The number of thiocarbonyl (C=S) groups is 1. The molecular formula is C23H22ClN3OS2. The molecule has 0 spiro atoms. The summed E-state index contributed by atoms with van der Waals surface area (Å²) in [6.45, 7) is 3.77. The summed E-state index contributed by atoms with van der Waals surface area (Å²) in [5, 5.41) is 10.1. The zero-order valence-electron chi connectivity index (χ0n) is 16.6. The number of anilines is 3. The van der Waals surface area contributed by atoms with Gasteiger partial charge in [0.2, 0.25) is 5.91 Å². The molecule has 1 unspecified atom stereocenters. The van der Waals surface area contributed by atoms with Gasteiger partial charge in [-0.15, -0.1) is 11.8 Å². The maximum Gasteiger partial charge on any atom is 0.237 e. The van der Waals surface area contributed by atoms with Gasteiger partial charge in [0.1, 0.15) is 0 Å². The highest BCUT2D eigenvalue weighted by atomic mass is 35.5. The summed E-state index contributed by atoms with van der Waals surface area (Å²) in [7, 11) is 0. The Balaban J connectivity index is 1.53. The van der Waals surface area contributed by atoms with Crippen molar-refractivity contribution in [3.8, 4) is 0 Å². The van der Waals surface area contributed by atoms with Crippen molar-refractivity contribution >= 4 is 63.7 Å². The molecule has 0 aliphatic heterocycles. The van der Waals surface area contributed by atoms with Crippen molar-refractivity contribution in [3.05, 3.63) is 83.4 Å². The Bertz CT molecular complexity index is 1030. The molecule has 0 bridgehead atoms. The molecule has 3 rings (SSSR count). The van der Waals surface area contributed by atoms with Gasteiger partial charge >= 0.3 is 0 Å². The minimum atomic E-state index is -0.261. The Morgan fingerprint density at radius 2 is 1.53 bits per heavy atom. The van der Waals surface area contributed by atoms with Gasteiger partial charge in [-0.05, 0) is 80.2 Å². The number of benzene rings is 3. The Kier molecular flexibility index (Phi) is 7.74. The van der Waals surface area contributed by atoms with Crippen LogP contribution in [0, 0.1) is 6.92 Å². The number of thioether (sulfide) groups is 1. The van der Waals surface area contributed by atoms with E-state index in [9.17, 15) is 4.79 Å². The smallest absolute Gasteiger partial charge is 0.237 e. The number of para-hydroxylation sites is 1. The second-order valence-corrected chi connectivity index (χ2v) is 8.86. The van der Waals surface area contributed by atoms with E-state index < -0.39 is 0 Å². The topological polar surface area (TPSA) is 53.2 Å². The highest BCUT2D eigenvalue weighted by molar-refractivity contribution is 8.00. The number of carbonyl (C=O) groups excluding carboxylic acids is 1. The van der Waals surface area contributed by atoms with Crippen molar-refractivity contribution in [2.24, 2.45) is 0 Å². The lowest BCUT2D eigenvalue weighted by atomic mass is 10.2. The van der Waals surface area contributed by atoms with E-state index in [0.717, 1.165) is 27.5 Å². The molecule has 0 fully saturated rings. The molecule has 0 aliphatic rings. The molecule has 0 aromatic heterocycles. The van der Waals surface area contributed by atoms with Gasteiger partial charge in [-0.1, -0.05) is 35.9 Å². The lowest BCUT2D eigenvalue weighted by Gasteiger charge is -2.15. The van der Waals surface area contributed by atoms with Crippen molar-refractivity contribution in [1.82, 2.24) is 0 Å². The van der Waals surface area contributed by atoms with Crippen LogP contribution in [0.25, 0.3) is 0 Å². The maximum absolute atomic E-state index is 12.6. The maximum atomic E-state index is 12.6. The SMILES string of the molecule is Cc1c(Cl)cccc1NC(=O)C(C)Sc1ccc(NC(=S)Nc2ccccc2)cc1. The average molecular weight is 456 g/mol. The summed E-state index contributed by atoms with van der Waals surface area (Å²) in [6.07, 6.45) is 0. The third-order valence-electron chi connectivity index (χ3n) is 4.35. The van der Waals surface area contributed by atoms with Crippen LogP contribution in [0.1, 0.15) is 12.5 Å². The van der Waals surface area contributed by atoms with E-state index in [-0.39, 0.29) is 11.2 Å². The number of carbonyl (C=O) groups is 1. The van der Waals surface area contributed by atoms with E-state index in [1.165, 1.54) is 11.8 Å². The minimum absolute atomic E-state index is 0.0687. The van der Waals surface area contributed by atoms with Crippen LogP contribution in [0.3, 0.4) is 0 Å². The Morgan fingerprint density at radius 1 is 0.900 bits per heavy atom. The summed E-state index contributed by atoms with van der Waals surface area (Å²) in [6, 6.07) is 23.0. The Morgan fingerprint density at radius 3 is 2.20 bits per heavy atom. The number of nitrogens with one attached hydrogen (secondary N) is 3. The molecule has 0 saturated heterocycles. The van der Waals surface area contributed by atoms with Gasteiger partial charge in [0.25, 0.3) is 0 Å². The normalized spacial score (nSPS) is 11.4. The second kappa shape index (κ2) is 10.5. The summed E-state index contributed by atoms with van der Waals surface area (Å²) < 4.78 is 0. The Hall–Kier alpha value is -2.54. The summed E-state index contributed by atoms with van der Waals surface area (Å²) in [5.41, 5.74) is 3.40. The molecule has 1 atom stereocenters. The van der Waals surface area contributed by atoms with E-state index >= 15 is 0 Å². The van der Waals surface area contributed by atoms with Crippen LogP contribution in [0.15, 0.2) is 77.7 Å². The largest absolute Gasteiger partial charge is 0.332 e. The lowest BCUT2D eigenvalue weighted by Crippen LogP contribution is -2.22. The number of hydrogen-bond acceptors (Lipinski definition) is 3. The molecule has 0 heterocycles. The summed E-state index contributed by atoms with van der Waals surface area (Å²) in [4.78, 5) is 13.5. The van der Waals surface area contributed by atoms with Gasteiger partial charge in [0, 0.05) is 27.0 Å². The van der Waals surface area contributed by atoms with E-state index in [1.54, 1.807) is 6.07 Å². The predicted molar refractivity (Wildman–Crippen MR) is 133 cm³/mol. The van der Waals surface area contributed by atoms with Gasteiger partial charge in [0.05, 0.1) is 5.25 Å². The lowest BCUT2D eigenvalue weighted by molar-refractivity contribution is -0.115. The molecule has 0 aliphatic carbocycles. The number of halogens is 1. The summed E-state index contributed by atoms with van der Waals surface area (Å²) in [5.74, 6) is -0.0687. The number of rotatable bonds is 6. The molecule has 0 radical (unpaired) electrons. The number of amides is 1. The van der Waals surface area contributed by atoms with Gasteiger partial charge in [-0.25, -0.2) is 0 Å². The fraction of sp³-hybridized carbons (Fsp3) is 0.130. The van der Waals surface area contributed by atoms with Crippen molar-refractivity contribution in [2.45, 2.75) is 24.0 Å². The van der Waals surface area contributed by atoms with Gasteiger partial charge in [0.15, 0.2) is 5.11 Å². The van der Waals surface area contributed by atoms with Crippen molar-refractivity contribution in [2.75, 3.05) is 16.0 Å². The molecule has 1 amide bonds. The van der Waals surface area contributed by atoms with Crippen molar-refractivity contribution in [1.29, 1.82) is 0 Å². The monoisotopic (exact) mass is 455 g/mol. The molecule has 154 valence electrons. The van der Waals surface area contributed by atoms with E-state index in [2.05, 4.69) is 16.0 Å². The Labute approximate surface area is 191 Å². The molecule has 4 nitrogen and oxygen atoms in total. The minimum Gasteiger partial charge on any atom is -0.332 e. The van der Waals surface area contributed by atoms with Gasteiger partial charge in [-0.3, -0.25) is 4.79 Å². The number of hydrogen-bond donors (Lipinski definition) is 3. The van der Waals surface area contributed by atoms with E-state index in [0.29, 0.717) is 10.1 Å². The first-order valence-corrected chi connectivity index (χ1v) is 11.0. The highest BCUT2D eigenvalue weighted by Crippen LogP contribution is 2.27. The predicted octanol–water partition coefficient (Wildman–Crippen LogP) is 6.58. The van der Waals surface area contributed by atoms with Crippen LogP contribution in [-0.4, -0.2) is 16.3 Å². The van der Waals surface area contributed by atoms with E-state index in [1.807, 2.05) is 80.6 Å². The van der Waals surface area contributed by atoms with Gasteiger partial charge in [-0.2, -0.15) is 0 Å². The third-order valence-corrected chi connectivity index (χ3v) is 6.08. The van der Waals surface area contributed by atoms with Gasteiger partial charge < -0.3 is 16.0 Å². The first-order valence-electron chi connectivity index (χ1n) is 9.38. The van der Waals surface area contributed by atoms with Crippen LogP contribution in [0.2, 0.25) is 5.02 Å². The average Bonchev–Trinajstić information content (AvgIpc) is 2.73. The van der Waals surface area contributed by atoms with Crippen LogP contribution in [0.5, 0.6) is 0 Å². The molecule has 30 heavy (non-hydrogen) atoms. The molecule has 0 saturated carbocycles. The quantitative estimate of drug-likeness (QED) is 0.289. The van der Waals surface area contributed by atoms with Crippen LogP contribution in [0.4, 0.5) is 17.1 Å². The fourth-order valence-corrected chi connectivity index (χ4v) is 3.94. The highest BCUT2D eigenvalue weighted by Gasteiger charge is 2.16. The first kappa shape index (κ1) is 22.2. The van der Waals surface area contributed by atoms with Crippen LogP contribution < -0.4 is 16.0 Å². The van der Waals surface area contributed by atoms with E-state index in [4.69, 9.17) is 23.8 Å². The fourth-order valence-electron chi connectivity index (χ4n) is 2.67. The molecule has 3 aromatic carbocycles. The molecule has 3 aromatic rings. The second-order valence-electron chi connectivity index (χ2n) is 6.63. The molecular weight excluding hydrogens is 434 g/mol. The first-order chi connectivity index (χ1) is 14.4. The van der Waals surface area contributed by atoms with Crippen molar-refractivity contribution < 1.29 is 4.79 Å². The molecule has 3 N–H and O–H groups in total. The summed E-state index contributed by atoms with van der Waals surface area (Å²) >= 11 is 13.0. The van der Waals surface area contributed by atoms with Crippen LogP contribution >= 0.6 is 35.6 Å². The van der Waals surface area contributed by atoms with Crippen molar-refractivity contribution in [3.63, 3.8) is 0 Å². The molecule has 7 heteroatoms. The zero-order valence-corrected chi connectivity index (χ0v) is 19.0. The standard InChI is InChI=1S/C23H22ClN3OS2/c1-15-20(24)9-6-10-21(15)27-22(28)16(2)30-19-13-11-18(12-14-19)26-23(29)25-17-7-4-3-5-8-17/h3-14,16H,1-2H3,(H,27,28)(H2,25,26,29).